The van der Waals surface area contributed by atoms with E-state index < -0.39 is 0 Å². The van der Waals surface area contributed by atoms with Crippen molar-refractivity contribution in [3.05, 3.63) is 58.3 Å². The van der Waals surface area contributed by atoms with Gasteiger partial charge in [-0.25, -0.2) is 4.98 Å². The first-order valence-corrected chi connectivity index (χ1v) is 7.52. The lowest BCUT2D eigenvalue weighted by molar-refractivity contribution is 0.407. The van der Waals surface area contributed by atoms with Gasteiger partial charge in [-0.1, -0.05) is 28.1 Å². The fourth-order valence-corrected chi connectivity index (χ4v) is 2.70. The number of para-hydroxylation sites is 2. The van der Waals surface area contributed by atoms with Crippen LogP contribution in [-0.2, 0) is 13.1 Å². The van der Waals surface area contributed by atoms with Crippen molar-refractivity contribution in [2.75, 3.05) is 7.11 Å². The minimum atomic E-state index is 0.685. The molecule has 0 fully saturated rings. The largest absolute Gasteiger partial charge is 0.496 e. The summed E-state index contributed by atoms with van der Waals surface area (Å²) in [6.07, 6.45) is 0. The van der Waals surface area contributed by atoms with E-state index in [-0.39, 0.29) is 0 Å². The van der Waals surface area contributed by atoms with E-state index in [4.69, 9.17) is 4.74 Å². The van der Waals surface area contributed by atoms with Gasteiger partial charge in [0.25, 0.3) is 0 Å². The molecular weight excluding hydrogens is 330 g/mol. The standard InChI is InChI=1S/C16H16BrN3O/c1-21-15-7-6-12(17)8-11(15)9-18-10-16-19-13-4-2-3-5-14(13)20-16/h2-8,18H,9-10H2,1H3,(H,19,20). The highest BCUT2D eigenvalue weighted by molar-refractivity contribution is 9.10. The average Bonchev–Trinajstić information content (AvgIpc) is 2.90. The van der Waals surface area contributed by atoms with Crippen LogP contribution in [0.25, 0.3) is 11.0 Å². The van der Waals surface area contributed by atoms with Crippen LogP contribution in [0.4, 0.5) is 0 Å². The summed E-state index contributed by atoms with van der Waals surface area (Å²) in [4.78, 5) is 7.85. The van der Waals surface area contributed by atoms with Gasteiger partial charge in [0.2, 0.25) is 0 Å². The first-order chi connectivity index (χ1) is 10.3. The van der Waals surface area contributed by atoms with E-state index in [9.17, 15) is 0 Å². The summed E-state index contributed by atoms with van der Waals surface area (Å²) in [5.41, 5.74) is 3.17. The van der Waals surface area contributed by atoms with E-state index in [1.807, 2.05) is 36.4 Å². The zero-order valence-corrected chi connectivity index (χ0v) is 13.3. The molecule has 0 amide bonds. The summed E-state index contributed by atoms with van der Waals surface area (Å²) in [7, 11) is 1.69. The number of rotatable bonds is 5. The Kier molecular flexibility index (Phi) is 4.22. The molecule has 0 unspecified atom stereocenters. The van der Waals surface area contributed by atoms with E-state index in [0.29, 0.717) is 6.54 Å². The van der Waals surface area contributed by atoms with E-state index >= 15 is 0 Å². The molecule has 3 rings (SSSR count). The molecule has 1 aromatic heterocycles. The molecule has 2 aromatic carbocycles. The van der Waals surface area contributed by atoms with Gasteiger partial charge in [0.1, 0.15) is 11.6 Å². The summed E-state index contributed by atoms with van der Waals surface area (Å²) in [5.74, 6) is 1.82. The quantitative estimate of drug-likeness (QED) is 0.742. The van der Waals surface area contributed by atoms with Crippen molar-refractivity contribution >= 4 is 27.0 Å². The number of hydrogen-bond donors (Lipinski definition) is 2. The smallest absolute Gasteiger partial charge is 0.123 e. The zero-order valence-electron chi connectivity index (χ0n) is 11.7. The predicted octanol–water partition coefficient (Wildman–Crippen LogP) is 3.62. The average molecular weight is 346 g/mol. The fraction of sp³-hybridized carbons (Fsp3) is 0.188. The van der Waals surface area contributed by atoms with Crippen molar-refractivity contribution in [2.24, 2.45) is 0 Å². The minimum Gasteiger partial charge on any atom is -0.496 e. The highest BCUT2D eigenvalue weighted by atomic mass is 79.9. The van der Waals surface area contributed by atoms with Crippen LogP contribution in [0.5, 0.6) is 5.75 Å². The first-order valence-electron chi connectivity index (χ1n) is 6.73. The topological polar surface area (TPSA) is 49.9 Å². The Hall–Kier alpha value is -1.85. The van der Waals surface area contributed by atoms with Crippen LogP contribution in [0.15, 0.2) is 46.9 Å². The van der Waals surface area contributed by atoms with Crippen LogP contribution in [0.2, 0.25) is 0 Å². The Morgan fingerprint density at radius 2 is 2.05 bits per heavy atom. The van der Waals surface area contributed by atoms with Gasteiger partial charge < -0.3 is 15.0 Å². The molecule has 0 spiro atoms. The number of halogens is 1. The second-order valence-corrected chi connectivity index (χ2v) is 5.68. The number of nitrogens with zero attached hydrogens (tertiary/aromatic N) is 1. The number of aromatic amines is 1. The molecule has 108 valence electrons. The molecule has 1 heterocycles. The van der Waals surface area contributed by atoms with Gasteiger partial charge in [-0.05, 0) is 30.3 Å². The van der Waals surface area contributed by atoms with Crippen molar-refractivity contribution in [3.8, 4) is 5.75 Å². The van der Waals surface area contributed by atoms with Crippen molar-refractivity contribution < 1.29 is 4.74 Å². The second-order valence-electron chi connectivity index (χ2n) is 4.76. The molecule has 2 N–H and O–H groups in total. The third kappa shape index (κ3) is 3.25. The van der Waals surface area contributed by atoms with Gasteiger partial charge in [0.05, 0.1) is 24.7 Å². The maximum atomic E-state index is 5.37. The molecule has 0 radical (unpaired) electrons. The third-order valence-electron chi connectivity index (χ3n) is 3.29. The lowest BCUT2D eigenvalue weighted by Gasteiger charge is -2.09. The molecule has 3 aromatic rings. The normalized spacial score (nSPS) is 11.0. The number of imidazole rings is 1. The number of fused-ring (bicyclic) bond motifs is 1. The summed E-state index contributed by atoms with van der Waals surface area (Å²) < 4.78 is 6.41. The molecule has 21 heavy (non-hydrogen) atoms. The molecule has 5 heteroatoms. The van der Waals surface area contributed by atoms with Gasteiger partial charge in [0.15, 0.2) is 0 Å². The van der Waals surface area contributed by atoms with Crippen LogP contribution in [-0.4, -0.2) is 17.1 Å². The maximum absolute atomic E-state index is 5.37. The Balaban J connectivity index is 1.67. The maximum Gasteiger partial charge on any atom is 0.123 e. The summed E-state index contributed by atoms with van der Waals surface area (Å²) in [6.45, 7) is 1.41. The SMILES string of the molecule is COc1ccc(Br)cc1CNCc1nc2ccccc2[nH]1. The minimum absolute atomic E-state index is 0.685. The number of H-pyrrole nitrogens is 1. The molecule has 0 saturated heterocycles. The van der Waals surface area contributed by atoms with Crippen LogP contribution in [0, 0.1) is 0 Å². The van der Waals surface area contributed by atoms with Crippen LogP contribution >= 0.6 is 15.9 Å². The van der Waals surface area contributed by atoms with Crippen LogP contribution in [0.1, 0.15) is 11.4 Å². The first kappa shape index (κ1) is 14.1. The summed E-state index contributed by atoms with van der Waals surface area (Å²) in [5, 5.41) is 3.39. The Bertz CT molecular complexity index is 721. The van der Waals surface area contributed by atoms with Gasteiger partial charge in [-0.2, -0.15) is 0 Å². The third-order valence-corrected chi connectivity index (χ3v) is 3.78. The number of hydrogen-bond acceptors (Lipinski definition) is 3. The molecular formula is C16H16BrN3O. The number of aromatic nitrogens is 2. The number of nitrogens with one attached hydrogen (secondary N) is 2. The van der Waals surface area contributed by atoms with E-state index in [1.165, 1.54) is 0 Å². The van der Waals surface area contributed by atoms with E-state index in [0.717, 1.165) is 39.2 Å². The van der Waals surface area contributed by atoms with Gasteiger partial charge in [0, 0.05) is 16.6 Å². The van der Waals surface area contributed by atoms with E-state index in [1.54, 1.807) is 7.11 Å². The van der Waals surface area contributed by atoms with Gasteiger partial charge >= 0.3 is 0 Å². The second kappa shape index (κ2) is 6.28. The highest BCUT2D eigenvalue weighted by Gasteiger charge is 2.05. The zero-order chi connectivity index (χ0) is 14.7. The molecule has 0 atom stereocenters. The highest BCUT2D eigenvalue weighted by Crippen LogP contribution is 2.22. The summed E-state index contributed by atoms with van der Waals surface area (Å²) >= 11 is 3.48. The molecule has 4 nitrogen and oxygen atoms in total. The number of ether oxygens (including phenoxy) is 1. The number of benzene rings is 2. The van der Waals surface area contributed by atoms with Crippen molar-refractivity contribution in [1.29, 1.82) is 0 Å². The van der Waals surface area contributed by atoms with Gasteiger partial charge in [-0.15, -0.1) is 0 Å². The molecule has 0 saturated carbocycles. The van der Waals surface area contributed by atoms with Crippen LogP contribution in [0.3, 0.4) is 0 Å². The molecule has 0 aliphatic heterocycles. The Labute approximate surface area is 131 Å². The monoisotopic (exact) mass is 345 g/mol. The Morgan fingerprint density at radius 3 is 2.86 bits per heavy atom. The lowest BCUT2D eigenvalue weighted by atomic mass is 10.2. The predicted molar refractivity (Wildman–Crippen MR) is 87.3 cm³/mol. The molecule has 0 aliphatic rings. The van der Waals surface area contributed by atoms with Crippen molar-refractivity contribution in [3.63, 3.8) is 0 Å². The number of methoxy groups -OCH3 is 1. The van der Waals surface area contributed by atoms with E-state index in [2.05, 4.69) is 37.3 Å². The van der Waals surface area contributed by atoms with Gasteiger partial charge in [-0.3, -0.25) is 0 Å². The summed E-state index contributed by atoms with van der Waals surface area (Å²) in [6, 6.07) is 14.0. The molecule has 0 bridgehead atoms. The van der Waals surface area contributed by atoms with Crippen LogP contribution < -0.4 is 10.1 Å². The molecule has 0 aliphatic carbocycles. The Morgan fingerprint density at radius 1 is 1.19 bits per heavy atom. The van der Waals surface area contributed by atoms with Crippen molar-refractivity contribution in [2.45, 2.75) is 13.1 Å². The van der Waals surface area contributed by atoms with Crippen molar-refractivity contribution in [1.82, 2.24) is 15.3 Å². The fourth-order valence-electron chi connectivity index (χ4n) is 2.29. The lowest BCUT2D eigenvalue weighted by Crippen LogP contribution is -2.14.